The predicted molar refractivity (Wildman–Crippen MR) is 89.7 cm³/mol. The molecule has 0 aliphatic heterocycles. The van der Waals surface area contributed by atoms with Gasteiger partial charge in [0.25, 0.3) is 5.56 Å². The first-order valence-corrected chi connectivity index (χ1v) is 7.73. The van der Waals surface area contributed by atoms with E-state index in [2.05, 4.69) is 4.98 Å². The molecule has 0 saturated carbocycles. The molecule has 22 heavy (non-hydrogen) atoms. The number of H-pyrrole nitrogens is 1. The summed E-state index contributed by atoms with van der Waals surface area (Å²) in [6, 6.07) is 7.47. The Kier molecular flexibility index (Phi) is 4.66. The van der Waals surface area contributed by atoms with Gasteiger partial charge in [0, 0.05) is 17.1 Å². The third-order valence-corrected chi connectivity index (χ3v) is 4.07. The Bertz CT molecular complexity index is 853. The van der Waals surface area contributed by atoms with Gasteiger partial charge in [-0.15, -0.1) is 11.3 Å². The second-order valence-electron chi connectivity index (χ2n) is 5.93. The summed E-state index contributed by atoms with van der Waals surface area (Å²) in [6.07, 6.45) is 3.26. The molecule has 0 amide bonds. The number of ketones is 1. The van der Waals surface area contributed by atoms with E-state index in [-0.39, 0.29) is 11.3 Å². The zero-order chi connectivity index (χ0) is 16.3. The van der Waals surface area contributed by atoms with Gasteiger partial charge in [-0.25, -0.2) is 0 Å². The molecule has 0 saturated heterocycles. The fraction of sp³-hybridized carbons (Fsp3) is 0.294. The second-order valence-corrected chi connectivity index (χ2v) is 7.01. The molecule has 1 aromatic carbocycles. The van der Waals surface area contributed by atoms with Gasteiger partial charge in [-0.2, -0.15) is 0 Å². The molecular formula is C17H19NO3S. The third kappa shape index (κ3) is 3.74. The highest BCUT2D eigenvalue weighted by Crippen LogP contribution is 2.17. The Balaban J connectivity index is 2.51. The van der Waals surface area contributed by atoms with Gasteiger partial charge in [0.1, 0.15) is 5.75 Å². The number of carbonyl (C=O) groups is 1. The van der Waals surface area contributed by atoms with Gasteiger partial charge in [0.2, 0.25) is 0 Å². The largest absolute Gasteiger partial charge is 0.496 e. The van der Waals surface area contributed by atoms with Crippen LogP contribution in [0.4, 0.5) is 0 Å². The average molecular weight is 317 g/mol. The van der Waals surface area contributed by atoms with Crippen LogP contribution < -0.4 is 19.5 Å². The van der Waals surface area contributed by atoms with Crippen molar-refractivity contribution in [3.8, 4) is 5.75 Å². The summed E-state index contributed by atoms with van der Waals surface area (Å²) >= 11 is 1.26. The summed E-state index contributed by atoms with van der Waals surface area (Å²) in [4.78, 5) is 26.8. The molecule has 0 fully saturated rings. The number of benzene rings is 1. The lowest BCUT2D eigenvalue weighted by Crippen LogP contribution is -2.22. The van der Waals surface area contributed by atoms with Gasteiger partial charge < -0.3 is 9.72 Å². The third-order valence-electron chi connectivity index (χ3n) is 3.11. The number of carbonyl (C=O) groups excluding carboxylic acids is 1. The van der Waals surface area contributed by atoms with E-state index >= 15 is 0 Å². The van der Waals surface area contributed by atoms with E-state index in [1.807, 2.05) is 45.0 Å². The molecule has 5 heteroatoms. The highest BCUT2D eigenvalue weighted by Gasteiger charge is 2.18. The number of methoxy groups -OCH3 is 1. The summed E-state index contributed by atoms with van der Waals surface area (Å²) in [5.74, 6) is 0.681. The number of hydrogen-bond donors (Lipinski definition) is 1. The van der Waals surface area contributed by atoms with E-state index in [4.69, 9.17) is 4.74 Å². The lowest BCUT2D eigenvalue weighted by atomic mass is 9.91. The normalized spacial score (nSPS) is 13.5. The summed E-state index contributed by atoms with van der Waals surface area (Å²) in [5, 5.41) is 0. The molecule has 0 unspecified atom stereocenters. The molecule has 116 valence electrons. The smallest absolute Gasteiger partial charge is 0.266 e. The Hall–Kier alpha value is -2.14. The molecule has 0 atom stereocenters. The lowest BCUT2D eigenvalue weighted by Gasteiger charge is -2.12. The van der Waals surface area contributed by atoms with Crippen molar-refractivity contribution >= 4 is 29.3 Å². The highest BCUT2D eigenvalue weighted by atomic mass is 32.1. The summed E-state index contributed by atoms with van der Waals surface area (Å²) in [7, 11) is 1.59. The number of aromatic nitrogens is 1. The second kappa shape index (κ2) is 6.32. The van der Waals surface area contributed by atoms with Crippen molar-refractivity contribution in [2.45, 2.75) is 20.8 Å². The van der Waals surface area contributed by atoms with Crippen molar-refractivity contribution in [3.05, 3.63) is 49.4 Å². The maximum absolute atomic E-state index is 12.0. The lowest BCUT2D eigenvalue weighted by molar-refractivity contribution is -0.119. The number of hydrogen-bond acceptors (Lipinski definition) is 4. The van der Waals surface area contributed by atoms with E-state index in [9.17, 15) is 9.59 Å². The van der Waals surface area contributed by atoms with Gasteiger partial charge >= 0.3 is 0 Å². The van der Waals surface area contributed by atoms with Crippen LogP contribution in [0, 0.1) is 5.41 Å². The van der Waals surface area contributed by atoms with Crippen LogP contribution in [0.2, 0.25) is 0 Å². The number of aromatic amines is 1. The number of para-hydroxylation sites is 1. The summed E-state index contributed by atoms with van der Waals surface area (Å²) < 4.78 is 6.37. The van der Waals surface area contributed by atoms with Crippen LogP contribution in [-0.4, -0.2) is 17.9 Å². The van der Waals surface area contributed by atoms with Crippen LogP contribution in [0.25, 0.3) is 12.2 Å². The van der Waals surface area contributed by atoms with Crippen LogP contribution >= 0.6 is 11.3 Å². The van der Waals surface area contributed by atoms with Gasteiger partial charge in [-0.3, -0.25) is 9.59 Å². The maximum atomic E-state index is 12.0. The molecule has 2 aromatic rings. The molecule has 1 heterocycles. The van der Waals surface area contributed by atoms with Crippen LogP contribution in [0.3, 0.4) is 0 Å². The van der Waals surface area contributed by atoms with E-state index in [0.29, 0.717) is 14.9 Å². The van der Waals surface area contributed by atoms with Gasteiger partial charge in [-0.05, 0) is 12.1 Å². The van der Waals surface area contributed by atoms with Crippen LogP contribution in [0.15, 0.2) is 29.1 Å². The summed E-state index contributed by atoms with van der Waals surface area (Å²) in [6.45, 7) is 5.54. The minimum absolute atomic E-state index is 0.0196. The Morgan fingerprint density at radius 1 is 1.27 bits per heavy atom. The molecule has 2 rings (SSSR count). The Labute approximate surface area is 132 Å². The van der Waals surface area contributed by atoms with Crippen LogP contribution in [-0.2, 0) is 4.79 Å². The minimum atomic E-state index is -0.465. The zero-order valence-corrected chi connectivity index (χ0v) is 13.9. The van der Waals surface area contributed by atoms with Crippen LogP contribution in [0.1, 0.15) is 26.3 Å². The van der Waals surface area contributed by atoms with Crippen LogP contribution in [0.5, 0.6) is 5.75 Å². The minimum Gasteiger partial charge on any atom is -0.496 e. The molecule has 0 aliphatic carbocycles. The Morgan fingerprint density at radius 3 is 2.59 bits per heavy atom. The standard InChI is InChI=1S/C17H19NO3S/c1-17(2,3)14(19)10-15-18-16(20)13(22-15)9-11-7-5-6-8-12(11)21-4/h5-10H,1-4H3,(H,18,20)/b13-9-,15-10+. The van der Waals surface area contributed by atoms with Gasteiger partial charge in [0.05, 0.1) is 16.3 Å². The fourth-order valence-corrected chi connectivity index (χ4v) is 2.66. The van der Waals surface area contributed by atoms with Gasteiger partial charge in [0.15, 0.2) is 5.78 Å². The van der Waals surface area contributed by atoms with Crippen molar-refractivity contribution < 1.29 is 9.53 Å². The number of nitrogens with one attached hydrogen (secondary N) is 1. The van der Waals surface area contributed by atoms with E-state index in [1.54, 1.807) is 13.2 Å². The average Bonchev–Trinajstić information content (AvgIpc) is 2.78. The first-order chi connectivity index (χ1) is 10.3. The molecular weight excluding hydrogens is 298 g/mol. The monoisotopic (exact) mass is 317 g/mol. The molecule has 1 aromatic heterocycles. The molecule has 4 nitrogen and oxygen atoms in total. The van der Waals surface area contributed by atoms with E-state index < -0.39 is 5.41 Å². The maximum Gasteiger partial charge on any atom is 0.266 e. The van der Waals surface area contributed by atoms with Crippen molar-refractivity contribution in [1.82, 2.24) is 4.98 Å². The first-order valence-electron chi connectivity index (χ1n) is 6.91. The SMILES string of the molecule is COc1ccccc1/C=c1\s/c(=C/C(=O)C(C)(C)C)[nH]c1=O. The fourth-order valence-electron chi connectivity index (χ4n) is 1.79. The Morgan fingerprint density at radius 2 is 1.95 bits per heavy atom. The first kappa shape index (κ1) is 16.2. The quantitative estimate of drug-likeness (QED) is 0.937. The highest BCUT2D eigenvalue weighted by molar-refractivity contribution is 7.07. The van der Waals surface area contributed by atoms with Crippen molar-refractivity contribution in [1.29, 1.82) is 0 Å². The van der Waals surface area contributed by atoms with E-state index in [1.165, 1.54) is 17.4 Å². The number of thiazole rings is 1. The molecule has 1 N–H and O–H groups in total. The van der Waals surface area contributed by atoms with E-state index in [0.717, 1.165) is 5.56 Å². The number of Topliss-reactive ketones (excluding diaryl/α,β-unsaturated/α-hetero) is 1. The van der Waals surface area contributed by atoms with Crippen molar-refractivity contribution in [3.63, 3.8) is 0 Å². The summed E-state index contributed by atoms with van der Waals surface area (Å²) in [5.41, 5.74) is 0.155. The topological polar surface area (TPSA) is 59.2 Å². The van der Waals surface area contributed by atoms with Crippen molar-refractivity contribution in [2.75, 3.05) is 7.11 Å². The molecule has 0 aliphatic rings. The van der Waals surface area contributed by atoms with Crippen molar-refractivity contribution in [2.24, 2.45) is 5.41 Å². The number of rotatable bonds is 3. The van der Waals surface area contributed by atoms with Gasteiger partial charge in [-0.1, -0.05) is 39.0 Å². The number of ether oxygens (including phenoxy) is 1. The predicted octanol–water partition coefficient (Wildman–Crippen LogP) is 1.67. The molecule has 0 bridgehead atoms. The molecule has 0 spiro atoms. The molecule has 0 radical (unpaired) electrons. The zero-order valence-electron chi connectivity index (χ0n) is 13.1.